The standard InChI is InChI=1S/C17H28N4O2S/c1-4-6-10-24(22,23)11-7-9-21-14(8-5-2)20-15-16(21)13(3)12-19-17(15)18/h12H,4-11H2,1-3H3,(H2,18,19). The lowest BCUT2D eigenvalue weighted by Crippen LogP contribution is -2.14. The Bertz CT molecular complexity index is 797. The molecule has 0 saturated carbocycles. The molecule has 0 spiro atoms. The molecule has 0 aliphatic carbocycles. The molecule has 0 saturated heterocycles. The number of nitrogen functional groups attached to an aromatic ring is 1. The molecule has 0 aromatic carbocycles. The Morgan fingerprint density at radius 3 is 2.54 bits per heavy atom. The largest absolute Gasteiger partial charge is 0.382 e. The molecular formula is C17H28N4O2S. The number of sulfone groups is 1. The third kappa shape index (κ3) is 4.26. The van der Waals surface area contributed by atoms with Crippen LogP contribution in [0, 0.1) is 6.92 Å². The van der Waals surface area contributed by atoms with Crippen molar-refractivity contribution in [2.45, 2.75) is 59.4 Å². The van der Waals surface area contributed by atoms with E-state index in [2.05, 4.69) is 21.5 Å². The maximum atomic E-state index is 12.1. The average Bonchev–Trinajstić information content (AvgIpc) is 2.89. The summed E-state index contributed by atoms with van der Waals surface area (Å²) in [5.41, 5.74) is 8.70. The lowest BCUT2D eigenvalue weighted by Gasteiger charge is -2.10. The topological polar surface area (TPSA) is 90.9 Å². The maximum Gasteiger partial charge on any atom is 0.151 e. The average molecular weight is 353 g/mol. The number of rotatable bonds is 9. The van der Waals surface area contributed by atoms with Crippen LogP contribution < -0.4 is 5.73 Å². The van der Waals surface area contributed by atoms with Gasteiger partial charge in [-0.2, -0.15) is 0 Å². The molecule has 24 heavy (non-hydrogen) atoms. The third-order valence-electron chi connectivity index (χ3n) is 4.18. The van der Waals surface area contributed by atoms with Crippen LogP contribution >= 0.6 is 0 Å². The number of nitrogens with zero attached hydrogens (tertiary/aromatic N) is 3. The number of nitrogens with two attached hydrogens (primary N) is 1. The van der Waals surface area contributed by atoms with E-state index < -0.39 is 9.84 Å². The van der Waals surface area contributed by atoms with E-state index in [1.807, 2.05) is 13.8 Å². The minimum absolute atomic E-state index is 0.220. The van der Waals surface area contributed by atoms with Crippen molar-refractivity contribution >= 4 is 26.7 Å². The Morgan fingerprint density at radius 1 is 1.17 bits per heavy atom. The van der Waals surface area contributed by atoms with Crippen LogP contribution in [0.5, 0.6) is 0 Å². The minimum atomic E-state index is -2.96. The fourth-order valence-electron chi connectivity index (χ4n) is 2.93. The van der Waals surface area contributed by atoms with E-state index >= 15 is 0 Å². The van der Waals surface area contributed by atoms with Gasteiger partial charge in [-0.1, -0.05) is 20.3 Å². The van der Waals surface area contributed by atoms with Gasteiger partial charge in [0.15, 0.2) is 5.82 Å². The van der Waals surface area contributed by atoms with Crippen LogP contribution in [-0.4, -0.2) is 34.5 Å². The Kier molecular flexibility index (Phi) is 6.21. The van der Waals surface area contributed by atoms with Gasteiger partial charge < -0.3 is 10.3 Å². The molecule has 0 fully saturated rings. The van der Waals surface area contributed by atoms with Gasteiger partial charge in [-0.15, -0.1) is 0 Å². The summed E-state index contributed by atoms with van der Waals surface area (Å²) in [7, 11) is -2.96. The molecule has 2 aromatic heterocycles. The first kappa shape index (κ1) is 18.7. The van der Waals surface area contributed by atoms with Gasteiger partial charge in [0.25, 0.3) is 0 Å². The molecule has 134 valence electrons. The maximum absolute atomic E-state index is 12.1. The van der Waals surface area contributed by atoms with Gasteiger partial charge in [0.2, 0.25) is 0 Å². The second-order valence-electron chi connectivity index (χ2n) is 6.31. The van der Waals surface area contributed by atoms with Crippen molar-refractivity contribution < 1.29 is 8.42 Å². The summed E-state index contributed by atoms with van der Waals surface area (Å²) in [6.07, 6.45) is 5.80. The summed E-state index contributed by atoms with van der Waals surface area (Å²) >= 11 is 0. The summed E-state index contributed by atoms with van der Waals surface area (Å²) in [5, 5.41) is 0. The summed E-state index contributed by atoms with van der Waals surface area (Å²) in [4.78, 5) is 8.83. The molecule has 2 aromatic rings. The van der Waals surface area contributed by atoms with E-state index in [4.69, 9.17) is 5.73 Å². The van der Waals surface area contributed by atoms with Crippen LogP contribution in [0.15, 0.2) is 6.20 Å². The Hall–Kier alpha value is -1.63. The van der Waals surface area contributed by atoms with Crippen molar-refractivity contribution in [3.63, 3.8) is 0 Å². The van der Waals surface area contributed by atoms with E-state index in [1.165, 1.54) is 0 Å². The fraction of sp³-hybridized carbons (Fsp3) is 0.647. The number of imidazole rings is 1. The predicted octanol–water partition coefficient (Wildman–Crippen LogP) is 2.88. The van der Waals surface area contributed by atoms with Gasteiger partial charge in [-0.05, 0) is 31.7 Å². The number of aromatic nitrogens is 3. The Morgan fingerprint density at radius 2 is 1.88 bits per heavy atom. The third-order valence-corrected chi connectivity index (χ3v) is 6.00. The SMILES string of the molecule is CCCCS(=O)(=O)CCCn1c(CCC)nc2c(N)ncc(C)c21. The predicted molar refractivity (Wildman–Crippen MR) is 98.9 cm³/mol. The van der Waals surface area contributed by atoms with Gasteiger partial charge in [-0.3, -0.25) is 0 Å². The number of hydrogen-bond donors (Lipinski definition) is 1. The summed E-state index contributed by atoms with van der Waals surface area (Å²) < 4.78 is 26.2. The summed E-state index contributed by atoms with van der Waals surface area (Å²) in [6.45, 7) is 6.74. The summed E-state index contributed by atoms with van der Waals surface area (Å²) in [6, 6.07) is 0. The second kappa shape index (κ2) is 7.96. The quantitative estimate of drug-likeness (QED) is 0.749. The molecule has 7 heteroatoms. The highest BCUT2D eigenvalue weighted by Gasteiger charge is 2.16. The second-order valence-corrected chi connectivity index (χ2v) is 8.62. The molecule has 0 aliphatic heterocycles. The molecular weight excluding hydrogens is 324 g/mol. The first-order valence-electron chi connectivity index (χ1n) is 8.70. The van der Waals surface area contributed by atoms with Crippen LogP contribution in [-0.2, 0) is 22.8 Å². The molecule has 2 heterocycles. The number of anilines is 1. The number of fused-ring (bicyclic) bond motifs is 1. The summed E-state index contributed by atoms with van der Waals surface area (Å²) in [5.74, 6) is 1.90. The van der Waals surface area contributed by atoms with E-state index in [0.717, 1.165) is 48.1 Å². The van der Waals surface area contributed by atoms with E-state index in [1.54, 1.807) is 6.20 Å². The van der Waals surface area contributed by atoms with E-state index in [9.17, 15) is 8.42 Å². The lowest BCUT2D eigenvalue weighted by atomic mass is 10.2. The highest BCUT2D eigenvalue weighted by molar-refractivity contribution is 7.91. The molecule has 2 N–H and O–H groups in total. The van der Waals surface area contributed by atoms with Gasteiger partial charge in [0.1, 0.15) is 21.2 Å². The number of aryl methyl sites for hydroxylation is 3. The van der Waals surface area contributed by atoms with Crippen molar-refractivity contribution in [1.29, 1.82) is 0 Å². The highest BCUT2D eigenvalue weighted by atomic mass is 32.2. The lowest BCUT2D eigenvalue weighted by molar-refractivity contribution is 0.581. The van der Waals surface area contributed by atoms with Crippen LogP contribution in [0.25, 0.3) is 11.0 Å². The molecule has 2 rings (SSSR count). The van der Waals surface area contributed by atoms with Gasteiger partial charge in [0.05, 0.1) is 17.0 Å². The zero-order valence-corrected chi connectivity index (χ0v) is 15.7. The number of hydrogen-bond acceptors (Lipinski definition) is 5. The fourth-order valence-corrected chi connectivity index (χ4v) is 4.43. The molecule has 0 atom stereocenters. The van der Waals surface area contributed by atoms with Crippen LogP contribution in [0.2, 0.25) is 0 Å². The normalized spacial score (nSPS) is 12.1. The van der Waals surface area contributed by atoms with Crippen molar-refractivity contribution in [3.8, 4) is 0 Å². The molecule has 0 amide bonds. The van der Waals surface area contributed by atoms with Gasteiger partial charge >= 0.3 is 0 Å². The van der Waals surface area contributed by atoms with Crippen LogP contribution in [0.4, 0.5) is 5.82 Å². The van der Waals surface area contributed by atoms with Crippen LogP contribution in [0.3, 0.4) is 0 Å². The van der Waals surface area contributed by atoms with Crippen molar-refractivity contribution in [2.75, 3.05) is 17.2 Å². The van der Waals surface area contributed by atoms with Crippen molar-refractivity contribution in [2.24, 2.45) is 0 Å². The van der Waals surface area contributed by atoms with E-state index in [0.29, 0.717) is 18.8 Å². The Balaban J connectivity index is 2.24. The van der Waals surface area contributed by atoms with Crippen LogP contribution in [0.1, 0.15) is 50.9 Å². The minimum Gasteiger partial charge on any atom is -0.382 e. The smallest absolute Gasteiger partial charge is 0.151 e. The van der Waals surface area contributed by atoms with Crippen molar-refractivity contribution in [1.82, 2.24) is 14.5 Å². The zero-order chi connectivity index (χ0) is 17.7. The molecule has 0 bridgehead atoms. The first-order valence-corrected chi connectivity index (χ1v) is 10.5. The number of unbranched alkanes of at least 4 members (excludes halogenated alkanes) is 1. The van der Waals surface area contributed by atoms with Gasteiger partial charge in [0, 0.05) is 19.2 Å². The first-order chi connectivity index (χ1) is 11.4. The van der Waals surface area contributed by atoms with Crippen molar-refractivity contribution in [3.05, 3.63) is 17.6 Å². The highest BCUT2D eigenvalue weighted by Crippen LogP contribution is 2.24. The monoisotopic (exact) mass is 352 g/mol. The number of pyridine rings is 1. The molecule has 0 aliphatic rings. The molecule has 6 nitrogen and oxygen atoms in total. The zero-order valence-electron chi connectivity index (χ0n) is 14.9. The Labute approximate surface area is 144 Å². The van der Waals surface area contributed by atoms with E-state index in [-0.39, 0.29) is 11.5 Å². The molecule has 0 radical (unpaired) electrons. The molecule has 0 unspecified atom stereocenters. The van der Waals surface area contributed by atoms with Gasteiger partial charge in [-0.25, -0.2) is 18.4 Å².